The number of pyridine rings is 1. The smallest absolute Gasteiger partial charge is 0.229 e. The highest BCUT2D eigenvalue weighted by molar-refractivity contribution is 5.95. The Morgan fingerprint density at radius 2 is 1.48 bits per heavy atom. The monoisotopic (exact) mass is 995 g/mol. The molecule has 0 amide bonds. The van der Waals surface area contributed by atoms with Crippen LogP contribution in [0.1, 0.15) is 101 Å². The van der Waals surface area contributed by atoms with E-state index in [1.165, 1.54) is 23.9 Å². The molecule has 2 aliphatic heterocycles. The van der Waals surface area contributed by atoms with Crippen LogP contribution in [-0.4, -0.2) is 92.4 Å². The number of benzene rings is 2. The van der Waals surface area contributed by atoms with Crippen molar-refractivity contribution in [2.75, 3.05) is 30.3 Å². The molecule has 15 nitrogen and oxygen atoms in total. The summed E-state index contributed by atoms with van der Waals surface area (Å²) in [7, 11) is 0. The molecule has 5 aromatic heterocycles. The zero-order valence-corrected chi connectivity index (χ0v) is 41.6. The van der Waals surface area contributed by atoms with Gasteiger partial charge in [-0.15, -0.1) is 6.58 Å². The van der Waals surface area contributed by atoms with E-state index in [1.54, 1.807) is 24.3 Å². The van der Waals surface area contributed by atoms with Gasteiger partial charge in [0, 0.05) is 73.1 Å². The van der Waals surface area contributed by atoms with E-state index in [0.717, 1.165) is 44.1 Å². The summed E-state index contributed by atoms with van der Waals surface area (Å²) in [6.07, 6.45) is 12.4. The summed E-state index contributed by atoms with van der Waals surface area (Å²) >= 11 is 0. The molecule has 73 heavy (non-hydrogen) atoms. The summed E-state index contributed by atoms with van der Waals surface area (Å²) in [6.45, 7) is 18.0. The molecule has 0 bridgehead atoms. The highest BCUT2D eigenvalue weighted by atomic mass is 19.1. The first-order valence-corrected chi connectivity index (χ1v) is 24.7. The number of fused-ring (bicyclic) bond motifs is 2. The number of hydrogen-bond donors (Lipinski definition) is 2. The largest absolute Gasteiger partial charge is 0.372 e. The summed E-state index contributed by atoms with van der Waals surface area (Å²) in [6, 6.07) is 9.11. The second-order valence-corrected chi connectivity index (χ2v) is 20.1. The Labute approximate surface area is 420 Å². The summed E-state index contributed by atoms with van der Waals surface area (Å²) in [4.78, 5) is 49.1. The van der Waals surface area contributed by atoms with Crippen LogP contribution in [0, 0.1) is 42.0 Å². The molecule has 2 unspecified atom stereocenters. The van der Waals surface area contributed by atoms with Crippen LogP contribution in [0.2, 0.25) is 0 Å². The zero-order valence-electron chi connectivity index (χ0n) is 41.6. The van der Waals surface area contributed by atoms with Crippen molar-refractivity contribution in [3.8, 4) is 22.5 Å². The number of aryl methyl sites for hydroxylation is 2. The van der Waals surface area contributed by atoms with Crippen molar-refractivity contribution in [1.82, 2.24) is 48.9 Å². The Hall–Kier alpha value is -7.25. The third kappa shape index (κ3) is 9.99. The normalized spacial score (nSPS) is 19.6. The van der Waals surface area contributed by atoms with E-state index < -0.39 is 28.9 Å². The third-order valence-corrected chi connectivity index (χ3v) is 14.1. The van der Waals surface area contributed by atoms with Gasteiger partial charge in [-0.2, -0.15) is 0 Å². The maximum atomic E-state index is 16.1. The van der Waals surface area contributed by atoms with Gasteiger partial charge < -0.3 is 24.5 Å². The molecular weight excluding hydrogens is 939 g/mol. The predicted octanol–water partition coefficient (Wildman–Crippen LogP) is 11.1. The lowest BCUT2D eigenvalue weighted by Gasteiger charge is -2.45. The first-order valence-electron chi connectivity index (χ1n) is 24.7. The molecule has 2 N–H and O–H groups in total. The molecule has 1 saturated heterocycles. The first-order chi connectivity index (χ1) is 35.1. The van der Waals surface area contributed by atoms with E-state index in [1.807, 2.05) is 56.0 Å². The molecular formula is C54H57F4N13O2. The number of aliphatic imine (C=N–C) groups is 1. The minimum atomic E-state index is -0.722. The lowest BCUT2D eigenvalue weighted by Crippen LogP contribution is -2.54. The van der Waals surface area contributed by atoms with Gasteiger partial charge in [-0.1, -0.05) is 6.08 Å². The van der Waals surface area contributed by atoms with Crippen LogP contribution in [0.5, 0.6) is 0 Å². The van der Waals surface area contributed by atoms with E-state index in [-0.39, 0.29) is 63.6 Å². The van der Waals surface area contributed by atoms with Crippen molar-refractivity contribution >= 4 is 51.9 Å². The number of aromatic nitrogens is 9. The van der Waals surface area contributed by atoms with E-state index in [0.29, 0.717) is 84.5 Å². The number of nitrogens with one attached hydrogen (secondary N) is 2. The quantitative estimate of drug-likeness (QED) is 0.0535. The van der Waals surface area contributed by atoms with Gasteiger partial charge in [0.25, 0.3) is 0 Å². The minimum absolute atomic E-state index is 0.0104. The predicted molar refractivity (Wildman–Crippen MR) is 273 cm³/mol. The Balaban J connectivity index is 0.884. The molecule has 2 fully saturated rings. The average molecular weight is 996 g/mol. The van der Waals surface area contributed by atoms with E-state index >= 15 is 17.6 Å². The maximum Gasteiger partial charge on any atom is 0.229 e. The maximum absolute atomic E-state index is 16.1. The van der Waals surface area contributed by atoms with Gasteiger partial charge in [0.05, 0.1) is 35.6 Å². The Bertz CT molecular complexity index is 3330. The highest BCUT2D eigenvalue weighted by Crippen LogP contribution is 2.50. The second kappa shape index (κ2) is 20.0. The molecule has 7 aromatic rings. The van der Waals surface area contributed by atoms with E-state index in [4.69, 9.17) is 14.7 Å². The number of halogens is 4. The van der Waals surface area contributed by atoms with Crippen LogP contribution in [0.3, 0.4) is 0 Å². The number of nitrogens with zero attached hydrogens (tertiary/aromatic N) is 11. The number of imidazole rings is 2. The molecule has 0 radical (unpaired) electrons. The summed E-state index contributed by atoms with van der Waals surface area (Å²) < 4.78 is 72.6. The van der Waals surface area contributed by atoms with Crippen LogP contribution in [-0.2, 0) is 11.2 Å². The molecule has 19 heteroatoms. The van der Waals surface area contributed by atoms with Crippen LogP contribution < -0.4 is 10.6 Å². The van der Waals surface area contributed by atoms with Gasteiger partial charge in [-0.05, 0) is 121 Å². The molecule has 0 spiro atoms. The molecule has 2 aromatic carbocycles. The Morgan fingerprint density at radius 1 is 0.822 bits per heavy atom. The fourth-order valence-corrected chi connectivity index (χ4v) is 10.8. The fraction of sp³-hybridized carbons (Fsp3) is 0.389. The molecule has 3 aliphatic rings. The lowest BCUT2D eigenvalue weighted by molar-refractivity contribution is -0.105. The number of carbonyl (C=O) groups is 1. The molecule has 7 heterocycles. The van der Waals surface area contributed by atoms with Crippen LogP contribution in [0.15, 0.2) is 84.4 Å². The number of hydrogen-bond acceptors (Lipinski definition) is 13. The molecule has 1 saturated carbocycles. The second-order valence-electron chi connectivity index (χ2n) is 20.1. The number of morpholine rings is 1. The van der Waals surface area contributed by atoms with Crippen molar-refractivity contribution in [2.24, 2.45) is 16.8 Å². The van der Waals surface area contributed by atoms with Gasteiger partial charge in [-0.25, -0.2) is 57.4 Å². The summed E-state index contributed by atoms with van der Waals surface area (Å²) in [5, 5.41) is 6.13. The number of anilines is 3. The summed E-state index contributed by atoms with van der Waals surface area (Å²) in [5.74, 6) is 0.717. The number of carbonyl (C=O) groups excluding carboxylic acids is 1. The molecule has 1 aliphatic carbocycles. The van der Waals surface area contributed by atoms with Crippen LogP contribution >= 0.6 is 0 Å². The van der Waals surface area contributed by atoms with Gasteiger partial charge >= 0.3 is 0 Å². The average Bonchev–Trinajstić information content (AvgIpc) is 3.87. The lowest BCUT2D eigenvalue weighted by atomic mass is 9.91. The molecule has 10 rings (SSSR count). The summed E-state index contributed by atoms with van der Waals surface area (Å²) in [5.41, 5.74) is 3.11. The number of rotatable bonds is 16. The zero-order chi connectivity index (χ0) is 51.3. The van der Waals surface area contributed by atoms with Crippen molar-refractivity contribution in [1.29, 1.82) is 0 Å². The van der Waals surface area contributed by atoms with Gasteiger partial charge in [0.15, 0.2) is 29.6 Å². The Morgan fingerprint density at radius 3 is 2.08 bits per heavy atom. The minimum Gasteiger partial charge on any atom is -0.372 e. The highest BCUT2D eigenvalue weighted by Gasteiger charge is 2.48. The Kier molecular flexibility index (Phi) is 13.5. The molecule has 378 valence electrons. The number of amidine groups is 1. The van der Waals surface area contributed by atoms with Gasteiger partial charge in [0.2, 0.25) is 11.9 Å². The standard InChI is InChI=1S/C54H57F4N13O2/c1-8-15-54(7)28-69(16-17-73-54)51(34-10-13-45(60-24-34)65-53-62-25-40(57)47(67-53)35-19-38(55)49-42(21-35)70(29(2)3)31(6)63-49)37-18-33(37)11-14-46-66-50-39(56)20-36(22-43(50)71(46)30(4)5)48-41(58)26-61-52(68-48)64-44-12-9-32(27-72)23-59-44/h8-9,12,19-27,29-30,33,37,51H,1,10-11,13-18,28H2,2-7H3,(H,59,61,64,68)(H,60,62,65,67)/t33?,37-,51?,54+/m1/s1. The van der Waals surface area contributed by atoms with Crippen LogP contribution in [0.4, 0.5) is 35.3 Å². The van der Waals surface area contributed by atoms with Gasteiger partial charge in [-0.3, -0.25) is 9.69 Å². The van der Waals surface area contributed by atoms with Crippen LogP contribution in [0.25, 0.3) is 44.6 Å². The van der Waals surface area contributed by atoms with Crippen molar-refractivity contribution in [2.45, 2.75) is 104 Å². The third-order valence-electron chi connectivity index (χ3n) is 14.1. The van der Waals surface area contributed by atoms with Crippen molar-refractivity contribution < 1.29 is 27.1 Å². The number of ether oxygens (including phenoxy) is 1. The van der Waals surface area contributed by atoms with Gasteiger partial charge in [0.1, 0.15) is 45.7 Å². The van der Waals surface area contributed by atoms with E-state index in [2.05, 4.69) is 58.9 Å². The number of aldehydes is 1. The van der Waals surface area contributed by atoms with Crippen molar-refractivity contribution in [3.63, 3.8) is 0 Å². The fourth-order valence-electron chi connectivity index (χ4n) is 10.8. The molecule has 4 atom stereocenters. The topological polar surface area (TPSA) is 166 Å². The van der Waals surface area contributed by atoms with E-state index in [9.17, 15) is 4.79 Å². The van der Waals surface area contributed by atoms with Crippen molar-refractivity contribution in [3.05, 3.63) is 120 Å². The first kappa shape index (κ1) is 49.3. The SMILES string of the molecule is C=CC[C@@]1(C)CN(C(C2=CN=C(Nc3ncc(F)c(-c4cc(F)c5nc(C)n(C(C)C)c5c4)n3)CC2)[C@@H]2CC2CCc2nc3c(F)cc(-c4nc(Nc5ccc(C=O)cn5)ncc4F)cc3n2C(C)C)CCO1.